The summed E-state index contributed by atoms with van der Waals surface area (Å²) in [5, 5.41) is 5.85. The average molecular weight is 284 g/mol. The first-order valence-corrected chi connectivity index (χ1v) is 7.04. The summed E-state index contributed by atoms with van der Waals surface area (Å²) >= 11 is 0. The number of rotatable bonds is 4. The highest BCUT2D eigenvalue weighted by atomic mass is 19.1. The van der Waals surface area contributed by atoms with E-state index in [9.17, 15) is 9.18 Å². The van der Waals surface area contributed by atoms with E-state index in [1.54, 1.807) is 12.1 Å². The molecule has 4 heteroatoms. The van der Waals surface area contributed by atoms with Crippen LogP contribution in [0.2, 0.25) is 0 Å². The zero-order valence-electron chi connectivity index (χ0n) is 11.6. The molecule has 2 N–H and O–H groups in total. The monoisotopic (exact) mass is 284 g/mol. The van der Waals surface area contributed by atoms with Crippen molar-refractivity contribution in [2.75, 3.05) is 0 Å². The molecule has 0 bridgehead atoms. The molecule has 3 nitrogen and oxygen atoms in total. The Morgan fingerprint density at radius 1 is 1.05 bits per heavy atom. The summed E-state index contributed by atoms with van der Waals surface area (Å²) < 4.78 is 12.8. The normalized spacial score (nSPS) is 15.3. The summed E-state index contributed by atoms with van der Waals surface area (Å²) in [6, 6.07) is 15.9. The lowest BCUT2D eigenvalue weighted by Gasteiger charge is -2.18. The van der Waals surface area contributed by atoms with Crippen molar-refractivity contribution in [2.24, 2.45) is 0 Å². The van der Waals surface area contributed by atoms with Crippen LogP contribution in [0.15, 0.2) is 54.6 Å². The Labute approximate surface area is 123 Å². The second-order valence-corrected chi connectivity index (χ2v) is 5.38. The van der Waals surface area contributed by atoms with Gasteiger partial charge in [0.05, 0.1) is 5.54 Å². The number of benzene rings is 2. The van der Waals surface area contributed by atoms with Gasteiger partial charge in [0.15, 0.2) is 0 Å². The summed E-state index contributed by atoms with van der Waals surface area (Å²) in [7, 11) is 0. The van der Waals surface area contributed by atoms with Crippen molar-refractivity contribution in [3.05, 3.63) is 71.5 Å². The number of halogens is 1. The Bertz CT molecular complexity index is 621. The number of amides is 2. The summed E-state index contributed by atoms with van der Waals surface area (Å²) in [5.74, 6) is -0.274. The predicted octanol–water partition coefficient (Wildman–Crippen LogP) is 3.31. The van der Waals surface area contributed by atoms with Crippen LogP contribution in [0.4, 0.5) is 9.18 Å². The van der Waals surface area contributed by atoms with Crippen molar-refractivity contribution >= 4 is 6.03 Å². The van der Waals surface area contributed by atoms with Gasteiger partial charge in [0, 0.05) is 6.54 Å². The minimum absolute atomic E-state index is 0.194. The van der Waals surface area contributed by atoms with Crippen molar-refractivity contribution in [2.45, 2.75) is 24.9 Å². The molecule has 0 saturated heterocycles. The van der Waals surface area contributed by atoms with Crippen LogP contribution >= 0.6 is 0 Å². The molecule has 0 spiro atoms. The van der Waals surface area contributed by atoms with Gasteiger partial charge in [0.1, 0.15) is 5.82 Å². The molecule has 108 valence electrons. The van der Waals surface area contributed by atoms with Gasteiger partial charge in [-0.25, -0.2) is 9.18 Å². The molecular weight excluding hydrogens is 267 g/mol. The van der Waals surface area contributed by atoms with Gasteiger partial charge < -0.3 is 10.6 Å². The Morgan fingerprint density at radius 2 is 1.71 bits per heavy atom. The standard InChI is InChI=1S/C17H17FN2O/c18-15-8-6-13(7-9-15)12-19-16(21)20-17(10-11-17)14-4-2-1-3-5-14/h1-9H,10-12H2,(H2,19,20,21). The molecule has 0 aliphatic heterocycles. The van der Waals surface area contributed by atoms with Crippen molar-refractivity contribution in [3.63, 3.8) is 0 Å². The van der Waals surface area contributed by atoms with E-state index in [0.717, 1.165) is 24.0 Å². The van der Waals surface area contributed by atoms with E-state index in [1.807, 2.05) is 30.3 Å². The van der Waals surface area contributed by atoms with Crippen molar-refractivity contribution < 1.29 is 9.18 Å². The van der Waals surface area contributed by atoms with Gasteiger partial charge in [-0.15, -0.1) is 0 Å². The van der Waals surface area contributed by atoms with E-state index in [0.29, 0.717) is 6.54 Å². The zero-order valence-corrected chi connectivity index (χ0v) is 11.6. The van der Waals surface area contributed by atoms with Crippen LogP contribution in [0.3, 0.4) is 0 Å². The highest BCUT2D eigenvalue weighted by Crippen LogP contribution is 2.45. The molecule has 2 aromatic rings. The molecule has 2 amide bonds. The lowest BCUT2D eigenvalue weighted by atomic mass is 10.1. The van der Waals surface area contributed by atoms with Crippen LogP contribution in [0.5, 0.6) is 0 Å². The molecular formula is C17H17FN2O. The smallest absolute Gasteiger partial charge is 0.315 e. The maximum atomic E-state index is 12.8. The van der Waals surface area contributed by atoms with E-state index in [-0.39, 0.29) is 17.4 Å². The number of urea groups is 1. The Balaban J connectivity index is 1.56. The summed E-state index contributed by atoms with van der Waals surface area (Å²) in [6.45, 7) is 0.386. The first kappa shape index (κ1) is 13.6. The second kappa shape index (κ2) is 5.56. The first-order valence-electron chi connectivity index (χ1n) is 7.04. The summed E-state index contributed by atoms with van der Waals surface area (Å²) in [5.41, 5.74) is 1.80. The summed E-state index contributed by atoms with van der Waals surface area (Å²) in [6.07, 6.45) is 1.92. The molecule has 1 fully saturated rings. The van der Waals surface area contributed by atoms with Gasteiger partial charge in [-0.1, -0.05) is 42.5 Å². The van der Waals surface area contributed by atoms with Crippen LogP contribution in [-0.4, -0.2) is 6.03 Å². The molecule has 1 aliphatic rings. The third-order valence-electron chi connectivity index (χ3n) is 3.80. The van der Waals surface area contributed by atoms with E-state index >= 15 is 0 Å². The van der Waals surface area contributed by atoms with Crippen molar-refractivity contribution in [3.8, 4) is 0 Å². The number of hydrogen-bond acceptors (Lipinski definition) is 1. The van der Waals surface area contributed by atoms with Crippen molar-refractivity contribution in [1.29, 1.82) is 0 Å². The SMILES string of the molecule is O=C(NCc1ccc(F)cc1)NC1(c2ccccc2)CC1. The lowest BCUT2D eigenvalue weighted by molar-refractivity contribution is 0.235. The van der Waals surface area contributed by atoms with Gasteiger partial charge in [0.25, 0.3) is 0 Å². The largest absolute Gasteiger partial charge is 0.334 e. The molecule has 1 aliphatic carbocycles. The van der Waals surface area contributed by atoms with Crippen LogP contribution in [0, 0.1) is 5.82 Å². The first-order chi connectivity index (χ1) is 10.2. The predicted molar refractivity (Wildman–Crippen MR) is 79.1 cm³/mol. The highest BCUT2D eigenvalue weighted by molar-refractivity contribution is 5.75. The zero-order chi connectivity index (χ0) is 14.7. The van der Waals surface area contributed by atoms with Gasteiger partial charge in [0.2, 0.25) is 0 Å². The molecule has 0 radical (unpaired) electrons. The fourth-order valence-corrected chi connectivity index (χ4v) is 2.41. The van der Waals surface area contributed by atoms with E-state index < -0.39 is 0 Å². The van der Waals surface area contributed by atoms with Gasteiger partial charge in [-0.2, -0.15) is 0 Å². The molecule has 0 heterocycles. The molecule has 0 unspecified atom stereocenters. The fourth-order valence-electron chi connectivity index (χ4n) is 2.41. The van der Waals surface area contributed by atoms with Crippen molar-refractivity contribution in [1.82, 2.24) is 10.6 Å². The number of carbonyl (C=O) groups is 1. The Morgan fingerprint density at radius 3 is 2.33 bits per heavy atom. The third-order valence-corrected chi connectivity index (χ3v) is 3.80. The van der Waals surface area contributed by atoms with Crippen LogP contribution in [0.25, 0.3) is 0 Å². The highest BCUT2D eigenvalue weighted by Gasteiger charge is 2.45. The molecule has 21 heavy (non-hydrogen) atoms. The van der Waals surface area contributed by atoms with Gasteiger partial charge in [-0.3, -0.25) is 0 Å². The molecule has 0 atom stereocenters. The molecule has 2 aromatic carbocycles. The third kappa shape index (κ3) is 3.21. The van der Waals surface area contributed by atoms with E-state index in [2.05, 4.69) is 10.6 Å². The molecule has 1 saturated carbocycles. The Kier molecular flexibility index (Phi) is 3.60. The average Bonchev–Trinajstić information content (AvgIpc) is 3.28. The molecule has 3 rings (SSSR count). The maximum Gasteiger partial charge on any atom is 0.315 e. The quantitative estimate of drug-likeness (QED) is 0.888. The Hall–Kier alpha value is -2.36. The van der Waals surface area contributed by atoms with Crippen LogP contribution in [-0.2, 0) is 12.1 Å². The van der Waals surface area contributed by atoms with Crippen LogP contribution in [0.1, 0.15) is 24.0 Å². The minimum atomic E-state index is -0.274. The fraction of sp³-hybridized carbons (Fsp3) is 0.235. The van der Waals surface area contributed by atoms with Gasteiger partial charge in [-0.05, 0) is 36.1 Å². The topological polar surface area (TPSA) is 41.1 Å². The number of nitrogens with one attached hydrogen (secondary N) is 2. The van der Waals surface area contributed by atoms with E-state index in [4.69, 9.17) is 0 Å². The molecule has 0 aromatic heterocycles. The number of hydrogen-bond donors (Lipinski definition) is 2. The van der Waals surface area contributed by atoms with Crippen LogP contribution < -0.4 is 10.6 Å². The maximum absolute atomic E-state index is 12.8. The second-order valence-electron chi connectivity index (χ2n) is 5.38. The minimum Gasteiger partial charge on any atom is -0.334 e. The number of carbonyl (C=O) groups excluding carboxylic acids is 1. The summed E-state index contributed by atoms with van der Waals surface area (Å²) in [4.78, 5) is 12.0. The van der Waals surface area contributed by atoms with E-state index in [1.165, 1.54) is 12.1 Å². The van der Waals surface area contributed by atoms with Gasteiger partial charge >= 0.3 is 6.03 Å². The lowest BCUT2D eigenvalue weighted by Crippen LogP contribution is -2.41.